The maximum absolute atomic E-state index is 5.65. The molecule has 4 heteroatoms. The van der Waals surface area contributed by atoms with E-state index in [0.717, 1.165) is 29.7 Å². The van der Waals surface area contributed by atoms with Crippen molar-refractivity contribution in [2.24, 2.45) is 10.9 Å². The average molecular weight is 289 g/mol. The lowest BCUT2D eigenvalue weighted by molar-refractivity contribution is 0.336. The van der Waals surface area contributed by atoms with E-state index in [-0.39, 0.29) is 0 Å². The Hall–Kier alpha value is -1.71. The molecule has 1 fully saturated rings. The molecule has 2 N–H and O–H groups in total. The van der Waals surface area contributed by atoms with Crippen molar-refractivity contribution in [1.29, 1.82) is 0 Å². The Morgan fingerprint density at radius 1 is 1.33 bits per heavy atom. The van der Waals surface area contributed by atoms with Gasteiger partial charge in [0, 0.05) is 25.2 Å². The van der Waals surface area contributed by atoms with Crippen LogP contribution in [0.2, 0.25) is 0 Å². The van der Waals surface area contributed by atoms with Crippen LogP contribution in [0, 0.1) is 5.92 Å². The normalized spacial score (nSPS) is 21.0. The number of hydrogen-bond acceptors (Lipinski definition) is 2. The van der Waals surface area contributed by atoms with E-state index in [1.807, 2.05) is 32.2 Å². The quantitative estimate of drug-likeness (QED) is 0.599. The fourth-order valence-electron chi connectivity index (χ4n) is 2.61. The van der Waals surface area contributed by atoms with Crippen LogP contribution in [-0.4, -0.2) is 25.7 Å². The fraction of sp³-hybridized carbons (Fsp3) is 0.588. The number of para-hydroxylation sites is 1. The maximum atomic E-state index is 5.65. The van der Waals surface area contributed by atoms with Crippen molar-refractivity contribution < 1.29 is 4.74 Å². The summed E-state index contributed by atoms with van der Waals surface area (Å²) in [6.07, 6.45) is 3.84. The van der Waals surface area contributed by atoms with Crippen LogP contribution < -0.4 is 15.4 Å². The molecule has 1 saturated carbocycles. The second-order valence-corrected chi connectivity index (χ2v) is 5.50. The van der Waals surface area contributed by atoms with Crippen LogP contribution in [0.4, 0.5) is 0 Å². The minimum Gasteiger partial charge on any atom is -0.494 e. The highest BCUT2D eigenvalue weighted by Crippen LogP contribution is 2.34. The van der Waals surface area contributed by atoms with Gasteiger partial charge in [0.2, 0.25) is 0 Å². The van der Waals surface area contributed by atoms with E-state index in [1.165, 1.54) is 19.3 Å². The van der Waals surface area contributed by atoms with Crippen molar-refractivity contribution in [3.63, 3.8) is 0 Å². The summed E-state index contributed by atoms with van der Waals surface area (Å²) in [4.78, 5) is 4.31. The number of rotatable bonds is 7. The van der Waals surface area contributed by atoms with Gasteiger partial charge >= 0.3 is 0 Å². The molecule has 2 atom stereocenters. The molecule has 0 aromatic heterocycles. The Morgan fingerprint density at radius 3 is 2.86 bits per heavy atom. The van der Waals surface area contributed by atoms with Gasteiger partial charge in [0.15, 0.2) is 5.96 Å². The summed E-state index contributed by atoms with van der Waals surface area (Å²) in [6.45, 7) is 5.66. The van der Waals surface area contributed by atoms with Crippen LogP contribution in [0.5, 0.6) is 5.75 Å². The standard InChI is InChI=1S/C17H27N3O/c1-4-8-13-11-15(13)20-17(18-3)19-12-14-9-6-7-10-16(14)21-5-2/h6-7,9-10,13,15H,4-5,8,11-12H2,1-3H3,(H2,18,19,20). The molecule has 1 aliphatic rings. The van der Waals surface area contributed by atoms with Crippen LogP contribution in [-0.2, 0) is 6.54 Å². The molecule has 4 nitrogen and oxygen atoms in total. The van der Waals surface area contributed by atoms with Crippen molar-refractivity contribution in [2.75, 3.05) is 13.7 Å². The van der Waals surface area contributed by atoms with Crippen LogP contribution in [0.15, 0.2) is 29.3 Å². The Morgan fingerprint density at radius 2 is 2.14 bits per heavy atom. The van der Waals surface area contributed by atoms with Gasteiger partial charge in [-0.25, -0.2) is 0 Å². The van der Waals surface area contributed by atoms with Crippen molar-refractivity contribution >= 4 is 5.96 Å². The second kappa shape index (κ2) is 7.91. The average Bonchev–Trinajstić information content (AvgIpc) is 3.23. The number of ether oxygens (including phenoxy) is 1. The first kappa shape index (κ1) is 15.7. The number of guanidine groups is 1. The molecule has 0 spiro atoms. The molecular formula is C17H27N3O. The molecule has 1 aromatic carbocycles. The predicted molar refractivity (Wildman–Crippen MR) is 87.7 cm³/mol. The lowest BCUT2D eigenvalue weighted by atomic mass is 10.2. The van der Waals surface area contributed by atoms with E-state index in [0.29, 0.717) is 12.6 Å². The van der Waals surface area contributed by atoms with Gasteiger partial charge in [0.1, 0.15) is 5.75 Å². The molecule has 0 bridgehead atoms. The third-order valence-electron chi connectivity index (χ3n) is 3.85. The molecule has 2 rings (SSSR count). The third-order valence-corrected chi connectivity index (χ3v) is 3.85. The van der Waals surface area contributed by atoms with Gasteiger partial charge in [-0.3, -0.25) is 4.99 Å². The Bertz CT molecular complexity index is 473. The van der Waals surface area contributed by atoms with Gasteiger partial charge in [-0.15, -0.1) is 0 Å². The van der Waals surface area contributed by atoms with E-state index in [4.69, 9.17) is 4.74 Å². The van der Waals surface area contributed by atoms with Crippen LogP contribution >= 0.6 is 0 Å². The highest BCUT2D eigenvalue weighted by molar-refractivity contribution is 5.80. The molecular weight excluding hydrogens is 262 g/mol. The first-order chi connectivity index (χ1) is 10.3. The summed E-state index contributed by atoms with van der Waals surface area (Å²) in [5, 5.41) is 6.87. The van der Waals surface area contributed by atoms with Gasteiger partial charge in [-0.2, -0.15) is 0 Å². The molecule has 0 heterocycles. The zero-order chi connectivity index (χ0) is 15.1. The van der Waals surface area contributed by atoms with Crippen molar-refractivity contribution in [2.45, 2.75) is 45.7 Å². The topological polar surface area (TPSA) is 45.7 Å². The van der Waals surface area contributed by atoms with Crippen molar-refractivity contribution in [3.05, 3.63) is 29.8 Å². The molecule has 0 saturated heterocycles. The summed E-state index contributed by atoms with van der Waals surface area (Å²) in [5.74, 6) is 2.65. The smallest absolute Gasteiger partial charge is 0.191 e. The van der Waals surface area contributed by atoms with Crippen LogP contribution in [0.1, 0.15) is 38.7 Å². The number of nitrogens with zero attached hydrogens (tertiary/aromatic N) is 1. The number of nitrogens with one attached hydrogen (secondary N) is 2. The zero-order valence-corrected chi connectivity index (χ0v) is 13.4. The zero-order valence-electron chi connectivity index (χ0n) is 13.4. The van der Waals surface area contributed by atoms with Crippen LogP contribution in [0.25, 0.3) is 0 Å². The SMILES string of the molecule is CCCC1CC1NC(=NC)NCc1ccccc1OCC. The Kier molecular flexibility index (Phi) is 5.90. The summed E-state index contributed by atoms with van der Waals surface area (Å²) in [5.41, 5.74) is 1.16. The summed E-state index contributed by atoms with van der Waals surface area (Å²) >= 11 is 0. The number of hydrogen-bond donors (Lipinski definition) is 2. The van der Waals surface area contributed by atoms with Gasteiger partial charge in [-0.05, 0) is 31.7 Å². The maximum Gasteiger partial charge on any atom is 0.191 e. The van der Waals surface area contributed by atoms with E-state index >= 15 is 0 Å². The minimum absolute atomic E-state index is 0.596. The molecule has 21 heavy (non-hydrogen) atoms. The van der Waals surface area contributed by atoms with Gasteiger partial charge in [0.25, 0.3) is 0 Å². The lowest BCUT2D eigenvalue weighted by Gasteiger charge is -2.14. The molecule has 0 amide bonds. The Labute approximate surface area is 128 Å². The summed E-state index contributed by atoms with van der Waals surface area (Å²) < 4.78 is 5.65. The van der Waals surface area contributed by atoms with Crippen molar-refractivity contribution in [3.8, 4) is 5.75 Å². The first-order valence-corrected chi connectivity index (χ1v) is 7.96. The molecule has 2 unspecified atom stereocenters. The van der Waals surface area contributed by atoms with E-state index in [1.54, 1.807) is 0 Å². The van der Waals surface area contributed by atoms with Gasteiger partial charge < -0.3 is 15.4 Å². The first-order valence-electron chi connectivity index (χ1n) is 7.96. The number of aliphatic imine (C=N–C) groups is 1. The number of benzene rings is 1. The lowest BCUT2D eigenvalue weighted by Crippen LogP contribution is -2.38. The molecule has 1 aromatic rings. The highest BCUT2D eigenvalue weighted by atomic mass is 16.5. The van der Waals surface area contributed by atoms with Crippen LogP contribution in [0.3, 0.4) is 0 Å². The molecule has 116 valence electrons. The fourth-order valence-corrected chi connectivity index (χ4v) is 2.61. The molecule has 0 radical (unpaired) electrons. The highest BCUT2D eigenvalue weighted by Gasteiger charge is 2.36. The summed E-state index contributed by atoms with van der Waals surface area (Å²) in [6, 6.07) is 8.73. The van der Waals surface area contributed by atoms with Gasteiger partial charge in [-0.1, -0.05) is 31.5 Å². The van der Waals surface area contributed by atoms with E-state index in [2.05, 4.69) is 28.6 Å². The summed E-state index contributed by atoms with van der Waals surface area (Å²) in [7, 11) is 1.82. The third kappa shape index (κ3) is 4.66. The molecule has 0 aliphatic heterocycles. The second-order valence-electron chi connectivity index (χ2n) is 5.50. The monoisotopic (exact) mass is 289 g/mol. The predicted octanol–water partition coefficient (Wildman–Crippen LogP) is 2.94. The largest absolute Gasteiger partial charge is 0.494 e. The van der Waals surface area contributed by atoms with E-state index in [9.17, 15) is 0 Å². The van der Waals surface area contributed by atoms with Gasteiger partial charge in [0.05, 0.1) is 6.61 Å². The van der Waals surface area contributed by atoms with E-state index < -0.39 is 0 Å². The minimum atomic E-state index is 0.596. The Balaban J connectivity index is 1.84. The molecule has 1 aliphatic carbocycles. The van der Waals surface area contributed by atoms with Crippen molar-refractivity contribution in [1.82, 2.24) is 10.6 Å².